The van der Waals surface area contributed by atoms with Crippen molar-refractivity contribution in [2.24, 2.45) is 0 Å². The van der Waals surface area contributed by atoms with E-state index < -0.39 is 0 Å². The van der Waals surface area contributed by atoms with Gasteiger partial charge >= 0.3 is 0 Å². The largest absolute Gasteiger partial charge is 0.493 e. The molecular weight excluding hydrogens is 361 g/mol. The van der Waals surface area contributed by atoms with E-state index in [1.165, 1.54) is 6.07 Å². The summed E-state index contributed by atoms with van der Waals surface area (Å²) >= 11 is 0. The first kappa shape index (κ1) is 19.7. The Balaban J connectivity index is 1.89. The molecule has 7 heteroatoms. The minimum Gasteiger partial charge on any atom is -0.493 e. The standard InChI is InChI=1S/C21H26FN3O3/c1-13(2)16-12-15(6-7-17(16)22)24-25-9-8-23-21(25)14-10-18(26-3)20(28-5)19(11-14)27-4/h6-13,21,23-24H,1-5H3. The number of hydrazine groups is 1. The summed E-state index contributed by atoms with van der Waals surface area (Å²) in [6.45, 7) is 3.94. The van der Waals surface area contributed by atoms with Gasteiger partial charge in [0.2, 0.25) is 5.75 Å². The Labute approximate surface area is 164 Å². The Bertz CT molecular complexity index is 845. The van der Waals surface area contributed by atoms with Crippen LogP contribution >= 0.6 is 0 Å². The molecular formula is C21H26FN3O3. The zero-order valence-corrected chi connectivity index (χ0v) is 16.7. The van der Waals surface area contributed by atoms with Gasteiger partial charge in [0.1, 0.15) is 12.0 Å². The van der Waals surface area contributed by atoms with Gasteiger partial charge in [0.25, 0.3) is 0 Å². The van der Waals surface area contributed by atoms with Crippen LogP contribution in [0.25, 0.3) is 0 Å². The van der Waals surface area contributed by atoms with E-state index in [1.807, 2.05) is 49.5 Å². The maximum Gasteiger partial charge on any atom is 0.203 e. The summed E-state index contributed by atoms with van der Waals surface area (Å²) in [5.74, 6) is 1.60. The van der Waals surface area contributed by atoms with Crippen molar-refractivity contribution in [1.29, 1.82) is 0 Å². The van der Waals surface area contributed by atoms with Gasteiger partial charge in [0.05, 0.1) is 27.0 Å². The van der Waals surface area contributed by atoms with Gasteiger partial charge in [-0.25, -0.2) is 4.39 Å². The van der Waals surface area contributed by atoms with Crippen LogP contribution in [0.5, 0.6) is 17.2 Å². The molecule has 6 nitrogen and oxygen atoms in total. The van der Waals surface area contributed by atoms with Gasteiger partial charge in [-0.2, -0.15) is 0 Å². The monoisotopic (exact) mass is 387 g/mol. The molecule has 0 saturated heterocycles. The lowest BCUT2D eigenvalue weighted by atomic mass is 10.0. The molecule has 1 aliphatic heterocycles. The highest BCUT2D eigenvalue weighted by Gasteiger charge is 2.25. The summed E-state index contributed by atoms with van der Waals surface area (Å²) in [7, 11) is 4.75. The number of ether oxygens (including phenoxy) is 3. The fourth-order valence-corrected chi connectivity index (χ4v) is 3.20. The van der Waals surface area contributed by atoms with Crippen LogP contribution in [0.15, 0.2) is 42.7 Å². The molecule has 0 aliphatic carbocycles. The first-order chi connectivity index (χ1) is 13.5. The Morgan fingerprint density at radius 3 is 2.29 bits per heavy atom. The summed E-state index contributed by atoms with van der Waals surface area (Å²) in [6, 6.07) is 8.83. The molecule has 0 bridgehead atoms. The van der Waals surface area contributed by atoms with Crippen molar-refractivity contribution in [1.82, 2.24) is 10.3 Å². The molecule has 0 spiro atoms. The van der Waals surface area contributed by atoms with Crippen LogP contribution in [0.4, 0.5) is 10.1 Å². The summed E-state index contributed by atoms with van der Waals surface area (Å²) in [5, 5.41) is 5.19. The molecule has 2 aromatic carbocycles. The lowest BCUT2D eigenvalue weighted by molar-refractivity contribution is 0.312. The van der Waals surface area contributed by atoms with E-state index in [9.17, 15) is 4.39 Å². The second-order valence-corrected chi connectivity index (χ2v) is 6.75. The SMILES string of the molecule is COc1cc(C2NC=CN2Nc2ccc(F)c(C(C)C)c2)cc(OC)c1OC. The number of rotatable bonds is 7. The highest BCUT2D eigenvalue weighted by atomic mass is 19.1. The average Bonchev–Trinajstić information content (AvgIpc) is 3.16. The maximum absolute atomic E-state index is 14.0. The highest BCUT2D eigenvalue weighted by Crippen LogP contribution is 2.40. The quantitative estimate of drug-likeness (QED) is 0.736. The van der Waals surface area contributed by atoms with Gasteiger partial charge in [0, 0.05) is 18.0 Å². The molecule has 0 aromatic heterocycles. The minimum atomic E-state index is -0.207. The van der Waals surface area contributed by atoms with E-state index in [1.54, 1.807) is 27.4 Å². The van der Waals surface area contributed by atoms with E-state index in [4.69, 9.17) is 14.2 Å². The van der Waals surface area contributed by atoms with Gasteiger partial charge in [-0.05, 0) is 41.8 Å². The van der Waals surface area contributed by atoms with Crippen molar-refractivity contribution in [2.45, 2.75) is 25.9 Å². The Kier molecular flexibility index (Phi) is 5.82. The molecule has 1 atom stereocenters. The van der Waals surface area contributed by atoms with Gasteiger partial charge in [-0.1, -0.05) is 13.8 Å². The van der Waals surface area contributed by atoms with E-state index >= 15 is 0 Å². The smallest absolute Gasteiger partial charge is 0.203 e. The molecule has 1 heterocycles. The van der Waals surface area contributed by atoms with E-state index in [0.29, 0.717) is 22.8 Å². The Morgan fingerprint density at radius 1 is 1.04 bits per heavy atom. The van der Waals surface area contributed by atoms with Crippen molar-refractivity contribution >= 4 is 5.69 Å². The summed E-state index contributed by atoms with van der Waals surface area (Å²) in [5.41, 5.74) is 5.71. The number of nitrogens with one attached hydrogen (secondary N) is 2. The summed E-state index contributed by atoms with van der Waals surface area (Å²) in [6.07, 6.45) is 3.52. The third-order valence-electron chi connectivity index (χ3n) is 4.65. The number of nitrogens with zero attached hydrogens (tertiary/aromatic N) is 1. The fraction of sp³-hybridized carbons (Fsp3) is 0.333. The van der Waals surface area contributed by atoms with Crippen LogP contribution in [0.2, 0.25) is 0 Å². The number of benzene rings is 2. The average molecular weight is 387 g/mol. The first-order valence-corrected chi connectivity index (χ1v) is 9.05. The molecule has 1 unspecified atom stereocenters. The number of hydrogen-bond acceptors (Lipinski definition) is 6. The maximum atomic E-state index is 14.0. The second-order valence-electron chi connectivity index (χ2n) is 6.75. The molecule has 150 valence electrons. The molecule has 0 amide bonds. The van der Waals surface area contributed by atoms with Crippen molar-refractivity contribution < 1.29 is 18.6 Å². The van der Waals surface area contributed by atoms with Crippen molar-refractivity contribution in [2.75, 3.05) is 26.8 Å². The second kappa shape index (κ2) is 8.29. The summed E-state index contributed by atoms with van der Waals surface area (Å²) < 4.78 is 30.3. The Hall–Kier alpha value is -3.09. The molecule has 3 rings (SSSR count). The minimum absolute atomic E-state index is 0.0971. The van der Waals surface area contributed by atoms with Crippen molar-refractivity contribution in [3.8, 4) is 17.2 Å². The van der Waals surface area contributed by atoms with Gasteiger partial charge in [0.15, 0.2) is 11.5 Å². The number of hydrogen-bond donors (Lipinski definition) is 2. The van der Waals surface area contributed by atoms with Crippen molar-refractivity contribution in [3.63, 3.8) is 0 Å². The third kappa shape index (κ3) is 3.78. The number of anilines is 1. The highest BCUT2D eigenvalue weighted by molar-refractivity contribution is 5.55. The number of halogens is 1. The zero-order chi connectivity index (χ0) is 20.3. The predicted molar refractivity (Wildman–Crippen MR) is 107 cm³/mol. The van der Waals surface area contributed by atoms with Gasteiger partial charge in [-0.15, -0.1) is 0 Å². The molecule has 28 heavy (non-hydrogen) atoms. The molecule has 2 aromatic rings. The zero-order valence-electron chi connectivity index (χ0n) is 16.7. The van der Waals surface area contributed by atoms with Crippen LogP contribution in [-0.4, -0.2) is 26.3 Å². The number of methoxy groups -OCH3 is 3. The molecule has 1 aliphatic rings. The lowest BCUT2D eigenvalue weighted by Gasteiger charge is -2.28. The molecule has 0 fully saturated rings. The van der Waals surface area contributed by atoms with E-state index in [0.717, 1.165) is 11.3 Å². The predicted octanol–water partition coefficient (Wildman–Crippen LogP) is 4.38. The molecule has 0 saturated carbocycles. The normalized spacial score (nSPS) is 15.5. The Morgan fingerprint density at radius 2 is 1.71 bits per heavy atom. The lowest BCUT2D eigenvalue weighted by Crippen LogP contribution is -2.31. The molecule has 2 N–H and O–H groups in total. The third-order valence-corrected chi connectivity index (χ3v) is 4.65. The van der Waals surface area contributed by atoms with Crippen LogP contribution in [0.3, 0.4) is 0 Å². The van der Waals surface area contributed by atoms with Crippen molar-refractivity contribution in [3.05, 3.63) is 59.7 Å². The van der Waals surface area contributed by atoms with Crippen LogP contribution in [0, 0.1) is 5.82 Å². The van der Waals surface area contributed by atoms with Gasteiger partial charge in [-0.3, -0.25) is 10.4 Å². The van der Waals surface area contributed by atoms with E-state index in [2.05, 4.69) is 10.7 Å². The fourth-order valence-electron chi connectivity index (χ4n) is 3.20. The topological polar surface area (TPSA) is 55.0 Å². The van der Waals surface area contributed by atoms with Crippen LogP contribution < -0.4 is 25.0 Å². The summed E-state index contributed by atoms with van der Waals surface area (Å²) in [4.78, 5) is 0. The first-order valence-electron chi connectivity index (χ1n) is 9.05. The molecule has 0 radical (unpaired) electrons. The van der Waals surface area contributed by atoms with E-state index in [-0.39, 0.29) is 17.9 Å². The van der Waals surface area contributed by atoms with Gasteiger partial charge < -0.3 is 19.5 Å². The van der Waals surface area contributed by atoms with Crippen LogP contribution in [-0.2, 0) is 0 Å². The van der Waals surface area contributed by atoms with Crippen LogP contribution in [0.1, 0.15) is 37.1 Å².